The molecule has 4 nitrogen and oxygen atoms in total. The van der Waals surface area contributed by atoms with Gasteiger partial charge in [0, 0.05) is 18.0 Å². The lowest BCUT2D eigenvalue weighted by molar-refractivity contribution is -0.141. The first-order valence-electron chi connectivity index (χ1n) is 6.07. The van der Waals surface area contributed by atoms with E-state index in [1.165, 1.54) is 11.3 Å². The first kappa shape index (κ1) is 13.1. The Kier molecular flexibility index (Phi) is 3.71. The fourth-order valence-corrected chi connectivity index (χ4v) is 2.71. The van der Waals surface area contributed by atoms with Crippen molar-refractivity contribution in [2.45, 2.75) is 32.7 Å². The molecular formula is C13H17NO3S. The van der Waals surface area contributed by atoms with Gasteiger partial charge in [-0.25, -0.2) is 0 Å². The monoisotopic (exact) mass is 267 g/mol. The number of thiophene rings is 1. The van der Waals surface area contributed by atoms with Crippen molar-refractivity contribution in [3.8, 4) is 0 Å². The van der Waals surface area contributed by atoms with E-state index in [0.717, 1.165) is 18.4 Å². The van der Waals surface area contributed by atoms with Crippen LogP contribution in [0.25, 0.3) is 0 Å². The Bertz CT molecular complexity index is 465. The van der Waals surface area contributed by atoms with E-state index in [1.807, 2.05) is 17.7 Å². The fourth-order valence-electron chi connectivity index (χ4n) is 1.89. The number of amides is 1. The second kappa shape index (κ2) is 5.10. The van der Waals surface area contributed by atoms with Crippen molar-refractivity contribution in [1.29, 1.82) is 0 Å². The van der Waals surface area contributed by atoms with Crippen molar-refractivity contribution in [2.75, 3.05) is 6.54 Å². The second-order valence-electron chi connectivity index (χ2n) is 4.90. The van der Waals surface area contributed by atoms with Crippen molar-refractivity contribution in [2.24, 2.45) is 5.92 Å². The van der Waals surface area contributed by atoms with Crippen LogP contribution < -0.4 is 0 Å². The van der Waals surface area contributed by atoms with Crippen molar-refractivity contribution in [3.63, 3.8) is 0 Å². The van der Waals surface area contributed by atoms with Crippen LogP contribution in [0, 0.1) is 12.8 Å². The Morgan fingerprint density at radius 1 is 1.50 bits per heavy atom. The molecule has 1 fully saturated rings. The lowest BCUT2D eigenvalue weighted by Gasteiger charge is -2.24. The third kappa shape index (κ3) is 2.72. The van der Waals surface area contributed by atoms with Crippen molar-refractivity contribution >= 4 is 23.2 Å². The number of carbonyl (C=O) groups excluding carboxylic acids is 1. The van der Waals surface area contributed by atoms with Gasteiger partial charge in [-0.1, -0.05) is 6.92 Å². The SMILES string of the molecule is Cc1cscc1C(=O)N(CC(C)C(=O)O)C1CC1. The van der Waals surface area contributed by atoms with Crippen molar-refractivity contribution in [1.82, 2.24) is 4.90 Å². The van der Waals surface area contributed by atoms with Gasteiger partial charge in [0.15, 0.2) is 0 Å². The number of hydrogen-bond acceptors (Lipinski definition) is 3. The molecule has 0 bridgehead atoms. The zero-order valence-electron chi connectivity index (χ0n) is 10.5. The molecular weight excluding hydrogens is 250 g/mol. The molecule has 1 unspecified atom stereocenters. The molecule has 5 heteroatoms. The van der Waals surface area contributed by atoms with Gasteiger partial charge in [-0.2, -0.15) is 11.3 Å². The lowest BCUT2D eigenvalue weighted by Crippen LogP contribution is -2.38. The third-order valence-electron chi connectivity index (χ3n) is 3.23. The summed E-state index contributed by atoms with van der Waals surface area (Å²) < 4.78 is 0. The third-order valence-corrected chi connectivity index (χ3v) is 4.09. The number of rotatable bonds is 5. The maximum absolute atomic E-state index is 12.4. The predicted octanol–water partition coefficient (Wildman–Crippen LogP) is 2.38. The summed E-state index contributed by atoms with van der Waals surface area (Å²) in [6, 6.07) is 0.235. The topological polar surface area (TPSA) is 57.6 Å². The van der Waals surface area contributed by atoms with Crippen LogP contribution in [0.1, 0.15) is 35.7 Å². The fraction of sp³-hybridized carbons (Fsp3) is 0.538. The molecule has 0 saturated heterocycles. The van der Waals surface area contributed by atoms with Gasteiger partial charge in [-0.15, -0.1) is 0 Å². The molecule has 1 N–H and O–H groups in total. The van der Waals surface area contributed by atoms with Crippen LogP contribution in [-0.4, -0.2) is 34.5 Å². The Balaban J connectivity index is 2.13. The van der Waals surface area contributed by atoms with Crippen LogP contribution in [0.4, 0.5) is 0 Å². The van der Waals surface area contributed by atoms with Crippen LogP contribution in [0.5, 0.6) is 0 Å². The highest BCUT2D eigenvalue weighted by atomic mass is 32.1. The highest BCUT2D eigenvalue weighted by Gasteiger charge is 2.35. The quantitative estimate of drug-likeness (QED) is 0.891. The average Bonchev–Trinajstić information content (AvgIpc) is 3.07. The summed E-state index contributed by atoms with van der Waals surface area (Å²) in [5.74, 6) is -1.40. The molecule has 0 aromatic carbocycles. The highest BCUT2D eigenvalue weighted by molar-refractivity contribution is 7.08. The molecule has 1 saturated carbocycles. The smallest absolute Gasteiger partial charge is 0.308 e. The van der Waals surface area contributed by atoms with Crippen molar-refractivity contribution in [3.05, 3.63) is 21.9 Å². The number of nitrogens with zero attached hydrogens (tertiary/aromatic N) is 1. The molecule has 1 aromatic heterocycles. The largest absolute Gasteiger partial charge is 0.481 e. The summed E-state index contributed by atoms with van der Waals surface area (Å²) in [5.41, 5.74) is 1.68. The number of hydrogen-bond donors (Lipinski definition) is 1. The predicted molar refractivity (Wildman–Crippen MR) is 69.9 cm³/mol. The Labute approximate surface area is 110 Å². The first-order valence-corrected chi connectivity index (χ1v) is 7.01. The zero-order chi connectivity index (χ0) is 13.3. The van der Waals surface area contributed by atoms with E-state index in [0.29, 0.717) is 12.1 Å². The molecule has 0 spiro atoms. The van der Waals surface area contributed by atoms with Crippen LogP contribution in [0.3, 0.4) is 0 Å². The summed E-state index contributed by atoms with van der Waals surface area (Å²) in [4.78, 5) is 25.1. The Morgan fingerprint density at radius 2 is 2.17 bits per heavy atom. The Hall–Kier alpha value is -1.36. The van der Waals surface area contributed by atoms with Gasteiger partial charge in [0.25, 0.3) is 5.91 Å². The maximum atomic E-state index is 12.4. The highest BCUT2D eigenvalue weighted by Crippen LogP contribution is 2.30. The number of carboxylic acid groups (broad SMARTS) is 1. The molecule has 0 aliphatic heterocycles. The van der Waals surface area contributed by atoms with Gasteiger partial charge in [-0.05, 0) is 30.7 Å². The molecule has 1 heterocycles. The Morgan fingerprint density at radius 3 is 2.61 bits per heavy atom. The molecule has 1 aliphatic rings. The van der Waals surface area contributed by atoms with E-state index >= 15 is 0 Å². The molecule has 1 aromatic rings. The molecule has 98 valence electrons. The van der Waals surface area contributed by atoms with Crippen LogP contribution in [0.2, 0.25) is 0 Å². The van der Waals surface area contributed by atoms with Crippen LogP contribution in [-0.2, 0) is 4.79 Å². The summed E-state index contributed by atoms with van der Waals surface area (Å²) in [6.07, 6.45) is 1.97. The summed E-state index contributed by atoms with van der Waals surface area (Å²) in [5, 5.41) is 12.8. The van der Waals surface area contributed by atoms with E-state index in [1.54, 1.807) is 11.8 Å². The van der Waals surface area contributed by atoms with E-state index in [-0.39, 0.29) is 11.9 Å². The van der Waals surface area contributed by atoms with Gasteiger partial charge in [0.05, 0.1) is 11.5 Å². The number of aliphatic carboxylic acids is 1. The minimum absolute atomic E-state index is 0.0237. The van der Waals surface area contributed by atoms with E-state index in [2.05, 4.69) is 0 Å². The number of carboxylic acids is 1. The van der Waals surface area contributed by atoms with Gasteiger partial charge in [0.2, 0.25) is 0 Å². The normalized spacial score (nSPS) is 16.3. The van der Waals surface area contributed by atoms with E-state index in [9.17, 15) is 9.59 Å². The molecule has 2 rings (SSSR count). The molecule has 1 amide bonds. The van der Waals surface area contributed by atoms with Gasteiger partial charge >= 0.3 is 5.97 Å². The zero-order valence-corrected chi connectivity index (χ0v) is 11.4. The van der Waals surface area contributed by atoms with E-state index < -0.39 is 11.9 Å². The maximum Gasteiger partial charge on any atom is 0.308 e. The van der Waals surface area contributed by atoms with Gasteiger partial charge in [0.1, 0.15) is 0 Å². The first-order chi connectivity index (χ1) is 8.50. The van der Waals surface area contributed by atoms with Crippen molar-refractivity contribution < 1.29 is 14.7 Å². The van der Waals surface area contributed by atoms with Gasteiger partial charge in [-0.3, -0.25) is 9.59 Å². The molecule has 0 radical (unpaired) electrons. The summed E-state index contributed by atoms with van der Waals surface area (Å²) >= 11 is 1.51. The molecule has 18 heavy (non-hydrogen) atoms. The standard InChI is InChI=1S/C13H17NO3S/c1-8(13(16)17)5-14(10-3-4-10)12(15)11-7-18-6-9(11)2/h6-8,10H,3-5H2,1-2H3,(H,16,17). The average molecular weight is 267 g/mol. The van der Waals surface area contributed by atoms with E-state index in [4.69, 9.17) is 5.11 Å². The minimum atomic E-state index is -0.851. The second-order valence-corrected chi connectivity index (χ2v) is 5.64. The molecule has 1 atom stereocenters. The summed E-state index contributed by atoms with van der Waals surface area (Å²) in [6.45, 7) is 3.86. The minimum Gasteiger partial charge on any atom is -0.481 e. The van der Waals surface area contributed by atoms with Crippen LogP contribution >= 0.6 is 11.3 Å². The number of aryl methyl sites for hydroxylation is 1. The lowest BCUT2D eigenvalue weighted by atomic mass is 10.1. The number of carbonyl (C=O) groups is 2. The van der Waals surface area contributed by atoms with Gasteiger partial charge < -0.3 is 10.0 Å². The van der Waals surface area contributed by atoms with Crippen LogP contribution in [0.15, 0.2) is 10.8 Å². The summed E-state index contributed by atoms with van der Waals surface area (Å²) in [7, 11) is 0. The molecule has 1 aliphatic carbocycles.